The molecule has 0 aromatic rings. The number of hydrogen-bond acceptors (Lipinski definition) is 1. The molecule has 76 valence electrons. The number of hydrogen-bond donors (Lipinski definition) is 0. The predicted molar refractivity (Wildman–Crippen MR) is 58.1 cm³/mol. The van der Waals surface area contributed by atoms with Crippen LogP contribution in [0.2, 0.25) is 0 Å². The second-order valence-electron chi connectivity index (χ2n) is 4.28. The summed E-state index contributed by atoms with van der Waals surface area (Å²) in [6.45, 7) is 0. The van der Waals surface area contributed by atoms with Gasteiger partial charge in [-0.2, -0.15) is 0 Å². The average Bonchev–Trinajstić information content (AvgIpc) is 2.59. The van der Waals surface area contributed by atoms with E-state index in [9.17, 15) is 4.79 Å². The first kappa shape index (κ1) is 9.70. The molecule has 0 saturated carbocycles. The van der Waals surface area contributed by atoms with Crippen molar-refractivity contribution in [3.8, 4) is 0 Å². The first-order valence-corrected chi connectivity index (χ1v) is 5.81. The molecular weight excluding hydrogens is 172 g/mol. The second kappa shape index (κ2) is 4.59. The Bertz CT molecular complexity index is 284. The van der Waals surface area contributed by atoms with Gasteiger partial charge in [-0.3, -0.25) is 4.79 Å². The topological polar surface area (TPSA) is 17.1 Å². The van der Waals surface area contributed by atoms with Crippen LogP contribution in [-0.2, 0) is 4.79 Å². The highest BCUT2D eigenvalue weighted by molar-refractivity contribution is 6.08. The lowest BCUT2D eigenvalue weighted by atomic mass is 9.99. The number of allylic oxidation sites excluding steroid dienone is 4. The Labute approximate surface area is 85.9 Å². The SMILES string of the molecule is O=C(C1=CCCC1)C1=CCCCCC1. The normalized spacial score (nSPS) is 22.6. The molecule has 0 aliphatic heterocycles. The van der Waals surface area contributed by atoms with Crippen molar-refractivity contribution in [1.29, 1.82) is 0 Å². The van der Waals surface area contributed by atoms with Gasteiger partial charge >= 0.3 is 0 Å². The van der Waals surface area contributed by atoms with E-state index in [1.165, 1.54) is 25.7 Å². The second-order valence-corrected chi connectivity index (χ2v) is 4.28. The molecule has 0 fully saturated rings. The van der Waals surface area contributed by atoms with E-state index in [1.54, 1.807) is 0 Å². The van der Waals surface area contributed by atoms with Gasteiger partial charge in [0.25, 0.3) is 0 Å². The van der Waals surface area contributed by atoms with E-state index in [2.05, 4.69) is 12.2 Å². The van der Waals surface area contributed by atoms with Crippen LogP contribution >= 0.6 is 0 Å². The van der Waals surface area contributed by atoms with Gasteiger partial charge in [0.15, 0.2) is 5.78 Å². The van der Waals surface area contributed by atoms with E-state index in [4.69, 9.17) is 0 Å². The fraction of sp³-hybridized carbons (Fsp3) is 0.615. The number of carbonyl (C=O) groups is 1. The minimum absolute atomic E-state index is 0.351. The minimum atomic E-state index is 0.351. The van der Waals surface area contributed by atoms with Crippen molar-refractivity contribution >= 4 is 5.78 Å². The highest BCUT2D eigenvalue weighted by Crippen LogP contribution is 2.25. The smallest absolute Gasteiger partial charge is 0.184 e. The zero-order chi connectivity index (χ0) is 9.80. The summed E-state index contributed by atoms with van der Waals surface area (Å²) < 4.78 is 0. The Hall–Kier alpha value is -0.850. The van der Waals surface area contributed by atoms with Crippen LogP contribution in [0, 0.1) is 0 Å². The molecule has 1 heteroatoms. The largest absolute Gasteiger partial charge is 0.289 e. The first-order chi connectivity index (χ1) is 6.88. The highest BCUT2D eigenvalue weighted by atomic mass is 16.1. The van der Waals surface area contributed by atoms with Crippen molar-refractivity contribution in [2.24, 2.45) is 0 Å². The summed E-state index contributed by atoms with van der Waals surface area (Å²) in [6, 6.07) is 0. The summed E-state index contributed by atoms with van der Waals surface area (Å²) in [5, 5.41) is 0. The third-order valence-corrected chi connectivity index (χ3v) is 3.17. The lowest BCUT2D eigenvalue weighted by Gasteiger charge is -2.04. The molecule has 2 aliphatic carbocycles. The molecular formula is C13H18O. The van der Waals surface area contributed by atoms with Gasteiger partial charge in [0.2, 0.25) is 0 Å². The lowest BCUT2D eigenvalue weighted by molar-refractivity contribution is -0.112. The molecule has 0 radical (unpaired) electrons. The van der Waals surface area contributed by atoms with Crippen LogP contribution in [0.5, 0.6) is 0 Å². The fourth-order valence-corrected chi connectivity index (χ4v) is 2.30. The van der Waals surface area contributed by atoms with Gasteiger partial charge in [-0.15, -0.1) is 0 Å². The number of ketones is 1. The van der Waals surface area contributed by atoms with Crippen molar-refractivity contribution in [2.75, 3.05) is 0 Å². The maximum atomic E-state index is 12.0. The standard InChI is InChI=1S/C13H18O/c14-13(12-9-5-6-10-12)11-7-3-1-2-4-8-11/h7,9H,1-6,8,10H2. The van der Waals surface area contributed by atoms with Crippen LogP contribution in [-0.4, -0.2) is 5.78 Å². The first-order valence-electron chi connectivity index (χ1n) is 5.81. The monoisotopic (exact) mass is 190 g/mol. The molecule has 0 saturated heterocycles. The maximum absolute atomic E-state index is 12.0. The van der Waals surface area contributed by atoms with Crippen molar-refractivity contribution < 1.29 is 4.79 Å². The van der Waals surface area contributed by atoms with Gasteiger partial charge < -0.3 is 0 Å². The number of rotatable bonds is 2. The van der Waals surface area contributed by atoms with Gasteiger partial charge in [0.1, 0.15) is 0 Å². The maximum Gasteiger partial charge on any atom is 0.184 e. The van der Waals surface area contributed by atoms with E-state index in [-0.39, 0.29) is 0 Å². The zero-order valence-corrected chi connectivity index (χ0v) is 8.72. The molecule has 0 spiro atoms. The van der Waals surface area contributed by atoms with Gasteiger partial charge in [0.05, 0.1) is 0 Å². The molecule has 0 amide bonds. The molecule has 2 aliphatic rings. The molecule has 0 N–H and O–H groups in total. The summed E-state index contributed by atoms with van der Waals surface area (Å²) in [6.07, 6.45) is 13.5. The Kier molecular flexibility index (Phi) is 3.18. The van der Waals surface area contributed by atoms with Crippen LogP contribution < -0.4 is 0 Å². The lowest BCUT2D eigenvalue weighted by Crippen LogP contribution is -2.04. The van der Waals surface area contributed by atoms with E-state index in [1.807, 2.05) is 0 Å². The van der Waals surface area contributed by atoms with Crippen molar-refractivity contribution in [3.63, 3.8) is 0 Å². The van der Waals surface area contributed by atoms with Gasteiger partial charge in [-0.25, -0.2) is 0 Å². The summed E-state index contributed by atoms with van der Waals surface area (Å²) >= 11 is 0. The quantitative estimate of drug-likeness (QED) is 0.650. The fourth-order valence-electron chi connectivity index (χ4n) is 2.30. The summed E-state index contributed by atoms with van der Waals surface area (Å²) in [4.78, 5) is 12.0. The summed E-state index contributed by atoms with van der Waals surface area (Å²) in [5.74, 6) is 0.351. The zero-order valence-electron chi connectivity index (χ0n) is 8.72. The molecule has 0 heterocycles. The van der Waals surface area contributed by atoms with E-state index in [0.29, 0.717) is 5.78 Å². The third kappa shape index (κ3) is 2.14. The average molecular weight is 190 g/mol. The number of Topliss-reactive ketones (excluding diaryl/α,β-unsaturated/α-hetero) is 1. The Morgan fingerprint density at radius 3 is 2.21 bits per heavy atom. The van der Waals surface area contributed by atoms with Crippen molar-refractivity contribution in [2.45, 2.75) is 51.4 Å². The molecule has 0 aromatic carbocycles. The number of carbonyl (C=O) groups excluding carboxylic acids is 1. The summed E-state index contributed by atoms with van der Waals surface area (Å²) in [7, 11) is 0. The van der Waals surface area contributed by atoms with E-state index >= 15 is 0 Å². The van der Waals surface area contributed by atoms with Crippen LogP contribution in [0.15, 0.2) is 23.3 Å². The van der Waals surface area contributed by atoms with Gasteiger partial charge in [0, 0.05) is 0 Å². The van der Waals surface area contributed by atoms with Crippen LogP contribution in [0.1, 0.15) is 51.4 Å². The summed E-state index contributed by atoms with van der Waals surface area (Å²) in [5.41, 5.74) is 2.17. The third-order valence-electron chi connectivity index (χ3n) is 3.17. The molecule has 0 aromatic heterocycles. The van der Waals surface area contributed by atoms with Gasteiger partial charge in [-0.05, 0) is 56.1 Å². The molecule has 14 heavy (non-hydrogen) atoms. The van der Waals surface area contributed by atoms with Gasteiger partial charge in [-0.1, -0.05) is 18.6 Å². The highest BCUT2D eigenvalue weighted by Gasteiger charge is 2.17. The van der Waals surface area contributed by atoms with E-state index in [0.717, 1.165) is 36.8 Å². The molecule has 0 bridgehead atoms. The Morgan fingerprint density at radius 1 is 0.857 bits per heavy atom. The van der Waals surface area contributed by atoms with Crippen LogP contribution in [0.4, 0.5) is 0 Å². The molecule has 1 nitrogen and oxygen atoms in total. The Morgan fingerprint density at radius 2 is 1.50 bits per heavy atom. The molecule has 2 rings (SSSR count). The van der Waals surface area contributed by atoms with Crippen molar-refractivity contribution in [1.82, 2.24) is 0 Å². The van der Waals surface area contributed by atoms with E-state index < -0.39 is 0 Å². The van der Waals surface area contributed by atoms with Crippen molar-refractivity contribution in [3.05, 3.63) is 23.3 Å². The predicted octanol–water partition coefficient (Wildman–Crippen LogP) is 3.56. The van der Waals surface area contributed by atoms with Crippen LogP contribution in [0.3, 0.4) is 0 Å². The Balaban J connectivity index is 2.05. The molecule has 0 atom stereocenters. The van der Waals surface area contributed by atoms with Crippen LogP contribution in [0.25, 0.3) is 0 Å². The molecule has 0 unspecified atom stereocenters. The minimum Gasteiger partial charge on any atom is -0.289 e.